The van der Waals surface area contributed by atoms with Gasteiger partial charge in [0.25, 0.3) is 0 Å². The largest absolute Gasteiger partial charge is 0.476 e. The molecule has 0 aliphatic carbocycles. The van der Waals surface area contributed by atoms with Crippen molar-refractivity contribution in [3.8, 4) is 11.3 Å². The van der Waals surface area contributed by atoms with Crippen LogP contribution in [0.2, 0.25) is 0 Å². The minimum Gasteiger partial charge on any atom is -0.476 e. The normalized spacial score (nSPS) is 11.8. The smallest absolute Gasteiger partial charge is 0.422 e. The number of hydrogen-bond acceptors (Lipinski definition) is 3. The van der Waals surface area contributed by atoms with Gasteiger partial charge in [0.15, 0.2) is 11.3 Å². The molecule has 0 amide bonds. The molecular weight excluding hydrogens is 379 g/mol. The third kappa shape index (κ3) is 2.79. The molecule has 0 saturated heterocycles. The number of fused-ring (bicyclic) bond motifs is 1. The maximum absolute atomic E-state index is 13.2. The van der Waals surface area contributed by atoms with Crippen LogP contribution < -0.4 is 0 Å². The number of rotatable bonds is 2. The second kappa shape index (κ2) is 5.34. The number of nitrogens with zero attached hydrogens (tertiary/aromatic N) is 3. The molecule has 0 aliphatic rings. The number of aromatic nitrogens is 3. The first-order valence-electron chi connectivity index (χ1n) is 6.23. The van der Waals surface area contributed by atoms with Crippen molar-refractivity contribution in [3.63, 3.8) is 0 Å². The van der Waals surface area contributed by atoms with E-state index in [2.05, 4.69) is 26.0 Å². The number of halogens is 4. The fourth-order valence-electron chi connectivity index (χ4n) is 2.12. The van der Waals surface area contributed by atoms with E-state index in [0.29, 0.717) is 5.56 Å². The van der Waals surface area contributed by atoms with E-state index in [1.807, 2.05) is 0 Å². The van der Waals surface area contributed by atoms with Crippen molar-refractivity contribution in [1.29, 1.82) is 0 Å². The molecule has 2 heterocycles. The molecule has 0 spiro atoms. The zero-order valence-corrected chi connectivity index (χ0v) is 12.8. The van der Waals surface area contributed by atoms with E-state index < -0.39 is 29.1 Å². The van der Waals surface area contributed by atoms with E-state index in [4.69, 9.17) is 5.11 Å². The van der Waals surface area contributed by atoms with Crippen LogP contribution in [0.3, 0.4) is 0 Å². The first-order valence-corrected chi connectivity index (χ1v) is 7.02. The predicted octanol–water partition coefficient (Wildman–Crippen LogP) is 3.88. The minimum absolute atomic E-state index is 0.285. The molecule has 0 bridgehead atoms. The van der Waals surface area contributed by atoms with Crippen molar-refractivity contribution >= 4 is 27.5 Å². The van der Waals surface area contributed by atoms with Gasteiger partial charge in [-0.3, -0.25) is 0 Å². The molecule has 23 heavy (non-hydrogen) atoms. The van der Waals surface area contributed by atoms with Crippen LogP contribution in [0, 0.1) is 0 Å². The number of benzene rings is 1. The van der Waals surface area contributed by atoms with Crippen LogP contribution in [0.1, 0.15) is 16.1 Å². The quantitative estimate of drug-likeness (QED) is 0.726. The third-order valence-corrected chi connectivity index (χ3v) is 3.64. The van der Waals surface area contributed by atoms with Gasteiger partial charge >= 0.3 is 12.1 Å². The van der Waals surface area contributed by atoms with Gasteiger partial charge in [0, 0.05) is 16.2 Å². The summed E-state index contributed by atoms with van der Waals surface area (Å²) in [6, 6.07) is 8.29. The van der Waals surface area contributed by atoms with Crippen LogP contribution in [-0.2, 0) is 6.18 Å². The van der Waals surface area contributed by atoms with Crippen molar-refractivity contribution in [2.75, 3.05) is 0 Å². The Kier molecular flexibility index (Phi) is 3.59. The fraction of sp³-hybridized carbons (Fsp3) is 0.0714. The second-order valence-corrected chi connectivity index (χ2v) is 5.53. The molecule has 9 heteroatoms. The van der Waals surface area contributed by atoms with Crippen molar-refractivity contribution < 1.29 is 23.1 Å². The number of carboxylic acid groups (broad SMARTS) is 1. The Labute approximate surface area is 135 Å². The van der Waals surface area contributed by atoms with Crippen LogP contribution in [0.5, 0.6) is 0 Å². The molecular formula is C14H7BrF3N3O2. The Morgan fingerprint density at radius 3 is 2.39 bits per heavy atom. The highest BCUT2D eigenvalue weighted by atomic mass is 79.9. The standard InChI is InChI=1S/C14H7BrF3N3O2/c15-8-3-1-7(2-4-8)9-5-6-21-12(19-9)10(14(16,17)18)11(20-21)13(22)23/h1-6H,(H,22,23). The van der Waals surface area contributed by atoms with Gasteiger partial charge < -0.3 is 5.11 Å². The molecule has 0 atom stereocenters. The maximum atomic E-state index is 13.2. The zero-order chi connectivity index (χ0) is 16.8. The highest BCUT2D eigenvalue weighted by Gasteiger charge is 2.41. The molecule has 0 saturated carbocycles. The first kappa shape index (κ1) is 15.5. The summed E-state index contributed by atoms with van der Waals surface area (Å²) in [5.74, 6) is -1.76. The van der Waals surface area contributed by atoms with Gasteiger partial charge in [0.05, 0.1) is 5.69 Å². The Bertz CT molecular complexity index is 904. The van der Waals surface area contributed by atoms with E-state index in [-0.39, 0.29) is 5.69 Å². The van der Waals surface area contributed by atoms with Gasteiger partial charge in [-0.25, -0.2) is 14.3 Å². The van der Waals surface area contributed by atoms with E-state index in [1.165, 1.54) is 12.3 Å². The third-order valence-electron chi connectivity index (χ3n) is 3.11. The van der Waals surface area contributed by atoms with Gasteiger partial charge in [-0.05, 0) is 18.2 Å². The topological polar surface area (TPSA) is 67.5 Å². The lowest BCUT2D eigenvalue weighted by Crippen LogP contribution is -2.12. The molecule has 0 aliphatic heterocycles. The summed E-state index contributed by atoms with van der Waals surface area (Å²) in [6.45, 7) is 0. The summed E-state index contributed by atoms with van der Waals surface area (Å²) in [7, 11) is 0. The number of carboxylic acids is 1. The van der Waals surface area contributed by atoms with Crippen molar-refractivity contribution in [2.24, 2.45) is 0 Å². The summed E-state index contributed by atoms with van der Waals surface area (Å²) >= 11 is 3.27. The summed E-state index contributed by atoms with van der Waals surface area (Å²) in [5.41, 5.74) is -2.09. The molecule has 0 radical (unpaired) electrons. The molecule has 2 aromatic heterocycles. The molecule has 0 fully saturated rings. The summed E-state index contributed by atoms with van der Waals surface area (Å²) in [6.07, 6.45) is -3.62. The molecule has 0 unspecified atom stereocenters. The minimum atomic E-state index is -4.87. The maximum Gasteiger partial charge on any atom is 0.422 e. The van der Waals surface area contributed by atoms with E-state index in [9.17, 15) is 18.0 Å². The number of hydrogen-bond donors (Lipinski definition) is 1. The molecule has 1 aromatic carbocycles. The fourth-order valence-corrected chi connectivity index (χ4v) is 2.39. The van der Waals surface area contributed by atoms with Gasteiger partial charge in [0.2, 0.25) is 0 Å². The van der Waals surface area contributed by atoms with Crippen LogP contribution in [0.15, 0.2) is 41.0 Å². The average molecular weight is 386 g/mol. The van der Waals surface area contributed by atoms with Crippen LogP contribution >= 0.6 is 15.9 Å². The summed E-state index contributed by atoms with van der Waals surface area (Å²) in [4.78, 5) is 15.0. The van der Waals surface area contributed by atoms with Crippen molar-refractivity contribution in [3.05, 3.63) is 52.3 Å². The Hall–Kier alpha value is -2.42. The molecule has 118 valence electrons. The molecule has 1 N–H and O–H groups in total. The highest BCUT2D eigenvalue weighted by molar-refractivity contribution is 9.10. The predicted molar refractivity (Wildman–Crippen MR) is 78.1 cm³/mol. The van der Waals surface area contributed by atoms with Crippen LogP contribution in [-0.4, -0.2) is 25.7 Å². The van der Waals surface area contributed by atoms with E-state index in [1.54, 1.807) is 24.3 Å². The first-order chi connectivity index (χ1) is 10.8. The number of aromatic carboxylic acids is 1. The van der Waals surface area contributed by atoms with Gasteiger partial charge in [-0.1, -0.05) is 28.1 Å². The zero-order valence-electron chi connectivity index (χ0n) is 11.2. The van der Waals surface area contributed by atoms with E-state index in [0.717, 1.165) is 8.99 Å². The number of carbonyl (C=O) groups is 1. The Morgan fingerprint density at radius 2 is 1.83 bits per heavy atom. The average Bonchev–Trinajstić information content (AvgIpc) is 2.86. The summed E-state index contributed by atoms with van der Waals surface area (Å²) < 4.78 is 41.2. The van der Waals surface area contributed by atoms with Gasteiger partial charge in [-0.15, -0.1) is 0 Å². The van der Waals surface area contributed by atoms with Gasteiger partial charge in [-0.2, -0.15) is 18.3 Å². The lowest BCUT2D eigenvalue weighted by Gasteiger charge is -2.06. The lowest BCUT2D eigenvalue weighted by molar-refractivity contribution is -0.137. The highest BCUT2D eigenvalue weighted by Crippen LogP contribution is 2.35. The summed E-state index contributed by atoms with van der Waals surface area (Å²) in [5, 5.41) is 12.4. The molecule has 5 nitrogen and oxygen atoms in total. The SMILES string of the molecule is O=C(O)c1nn2ccc(-c3ccc(Br)cc3)nc2c1C(F)(F)F. The Balaban J connectivity index is 2.26. The lowest BCUT2D eigenvalue weighted by atomic mass is 10.1. The second-order valence-electron chi connectivity index (χ2n) is 4.61. The number of alkyl halides is 3. The molecule has 3 rings (SSSR count). The van der Waals surface area contributed by atoms with Crippen LogP contribution in [0.25, 0.3) is 16.9 Å². The van der Waals surface area contributed by atoms with Crippen LogP contribution in [0.4, 0.5) is 13.2 Å². The monoisotopic (exact) mass is 385 g/mol. The van der Waals surface area contributed by atoms with Gasteiger partial charge in [0.1, 0.15) is 5.56 Å². The molecule has 3 aromatic rings. The Morgan fingerprint density at radius 1 is 1.17 bits per heavy atom. The van der Waals surface area contributed by atoms with Crippen molar-refractivity contribution in [1.82, 2.24) is 14.6 Å². The van der Waals surface area contributed by atoms with E-state index >= 15 is 0 Å². The van der Waals surface area contributed by atoms with Crippen molar-refractivity contribution in [2.45, 2.75) is 6.18 Å².